The van der Waals surface area contributed by atoms with Crippen molar-refractivity contribution in [2.45, 2.75) is 12.5 Å². The molecule has 2 amide bonds. The van der Waals surface area contributed by atoms with Crippen LogP contribution in [0.3, 0.4) is 0 Å². The molecular formula is C25H24N4O5S. The standard InChI is InChI=1S/C25H24N4O5S/c30-23(29-13-22-27-11-16(12-28-22)24(31)32)15-35-10-9-26-25(33)34-14-21-19-7-3-1-5-17(19)18-6-2-4-8-20(18)21/h1-8,11-12,21H,9-10,13-15H2,(H,26,33)(H,29,30)(H,31,32). The number of carboxylic acids is 1. The van der Waals surface area contributed by atoms with E-state index in [-0.39, 0.29) is 36.3 Å². The Bertz CT molecular complexity index is 1170. The van der Waals surface area contributed by atoms with Crippen LogP contribution >= 0.6 is 11.8 Å². The van der Waals surface area contributed by atoms with Gasteiger partial charge in [-0.05, 0) is 22.3 Å². The first-order chi connectivity index (χ1) is 17.0. The van der Waals surface area contributed by atoms with Gasteiger partial charge < -0.3 is 20.5 Å². The van der Waals surface area contributed by atoms with E-state index in [1.54, 1.807) is 0 Å². The number of rotatable bonds is 10. The summed E-state index contributed by atoms with van der Waals surface area (Å²) >= 11 is 1.37. The lowest BCUT2D eigenvalue weighted by Gasteiger charge is -2.14. The van der Waals surface area contributed by atoms with Gasteiger partial charge in [-0.3, -0.25) is 4.79 Å². The van der Waals surface area contributed by atoms with Crippen molar-refractivity contribution >= 4 is 29.7 Å². The second kappa shape index (κ2) is 11.5. The molecule has 1 heterocycles. The number of aromatic carboxylic acids is 1. The lowest BCUT2D eigenvalue weighted by Crippen LogP contribution is -2.29. The number of carboxylic acid groups (broad SMARTS) is 1. The molecule has 0 fully saturated rings. The number of nitrogens with zero attached hydrogens (tertiary/aromatic N) is 2. The van der Waals surface area contributed by atoms with Crippen molar-refractivity contribution in [2.75, 3.05) is 24.7 Å². The fourth-order valence-corrected chi connectivity index (χ4v) is 4.50. The highest BCUT2D eigenvalue weighted by Crippen LogP contribution is 2.44. The Morgan fingerprint density at radius 2 is 1.57 bits per heavy atom. The van der Waals surface area contributed by atoms with E-state index in [9.17, 15) is 14.4 Å². The molecule has 0 saturated heterocycles. The molecule has 3 N–H and O–H groups in total. The van der Waals surface area contributed by atoms with Gasteiger partial charge in [0.05, 0.1) is 17.9 Å². The van der Waals surface area contributed by atoms with E-state index < -0.39 is 12.1 Å². The Morgan fingerprint density at radius 1 is 0.943 bits per heavy atom. The fourth-order valence-electron chi connectivity index (χ4n) is 3.82. The molecule has 9 nitrogen and oxygen atoms in total. The van der Waals surface area contributed by atoms with E-state index in [1.165, 1.54) is 35.3 Å². The van der Waals surface area contributed by atoms with Gasteiger partial charge in [0.25, 0.3) is 0 Å². The first kappa shape index (κ1) is 24.2. The number of benzene rings is 2. The lowest BCUT2D eigenvalue weighted by molar-refractivity contribution is -0.118. The number of ether oxygens (including phenoxy) is 1. The third kappa shape index (κ3) is 6.15. The second-order valence-electron chi connectivity index (χ2n) is 7.77. The number of amides is 2. The minimum Gasteiger partial charge on any atom is -0.478 e. The van der Waals surface area contributed by atoms with Crippen LogP contribution in [0.25, 0.3) is 11.1 Å². The summed E-state index contributed by atoms with van der Waals surface area (Å²) in [6, 6.07) is 16.3. The summed E-state index contributed by atoms with van der Waals surface area (Å²) in [5.41, 5.74) is 4.66. The predicted molar refractivity (Wildman–Crippen MR) is 131 cm³/mol. The molecule has 0 radical (unpaired) electrons. The van der Waals surface area contributed by atoms with Gasteiger partial charge in [-0.15, -0.1) is 0 Å². The van der Waals surface area contributed by atoms with E-state index >= 15 is 0 Å². The fraction of sp³-hybridized carbons (Fsp3) is 0.240. The number of thioether (sulfide) groups is 1. The van der Waals surface area contributed by atoms with Gasteiger partial charge in [0.2, 0.25) is 5.91 Å². The van der Waals surface area contributed by atoms with Crippen molar-refractivity contribution in [3.63, 3.8) is 0 Å². The van der Waals surface area contributed by atoms with Crippen LogP contribution in [-0.4, -0.2) is 57.7 Å². The van der Waals surface area contributed by atoms with E-state index in [0.717, 1.165) is 11.1 Å². The average molecular weight is 493 g/mol. The van der Waals surface area contributed by atoms with Crippen molar-refractivity contribution in [3.8, 4) is 11.1 Å². The summed E-state index contributed by atoms with van der Waals surface area (Å²) in [5, 5.41) is 14.2. The summed E-state index contributed by atoms with van der Waals surface area (Å²) < 4.78 is 5.49. The SMILES string of the molecule is O=C(CSCCNC(=O)OCC1c2ccccc2-c2ccccc21)NCc1ncc(C(=O)O)cn1. The van der Waals surface area contributed by atoms with Gasteiger partial charge in [0.1, 0.15) is 12.4 Å². The lowest BCUT2D eigenvalue weighted by atomic mass is 9.98. The first-order valence-corrected chi connectivity index (χ1v) is 12.2. The number of hydrogen-bond donors (Lipinski definition) is 3. The predicted octanol–water partition coefficient (Wildman–Crippen LogP) is 3.06. The minimum atomic E-state index is -1.11. The first-order valence-electron chi connectivity index (χ1n) is 11.0. The highest BCUT2D eigenvalue weighted by molar-refractivity contribution is 7.99. The molecule has 2 aromatic carbocycles. The smallest absolute Gasteiger partial charge is 0.407 e. The maximum atomic E-state index is 12.2. The zero-order chi connectivity index (χ0) is 24.6. The van der Waals surface area contributed by atoms with Crippen LogP contribution in [0.4, 0.5) is 4.79 Å². The van der Waals surface area contributed by atoms with Crippen LogP contribution in [0.15, 0.2) is 60.9 Å². The topological polar surface area (TPSA) is 131 Å². The molecule has 0 unspecified atom stereocenters. The van der Waals surface area contributed by atoms with Crippen molar-refractivity contribution in [1.82, 2.24) is 20.6 Å². The Hall–Kier alpha value is -3.92. The molecule has 4 rings (SSSR count). The van der Waals surface area contributed by atoms with Crippen molar-refractivity contribution in [1.29, 1.82) is 0 Å². The number of hydrogen-bond acceptors (Lipinski definition) is 7. The Labute approximate surface area is 206 Å². The summed E-state index contributed by atoms with van der Waals surface area (Å²) in [5.74, 6) is -0.229. The molecule has 0 aliphatic heterocycles. The summed E-state index contributed by atoms with van der Waals surface area (Å²) in [7, 11) is 0. The summed E-state index contributed by atoms with van der Waals surface area (Å²) in [6.45, 7) is 0.733. The van der Waals surface area contributed by atoms with Gasteiger partial charge in [-0.25, -0.2) is 19.6 Å². The van der Waals surface area contributed by atoms with Gasteiger partial charge in [0, 0.05) is 30.6 Å². The van der Waals surface area contributed by atoms with E-state index in [0.29, 0.717) is 18.1 Å². The van der Waals surface area contributed by atoms with Crippen LogP contribution in [0.5, 0.6) is 0 Å². The van der Waals surface area contributed by atoms with Gasteiger partial charge in [-0.2, -0.15) is 11.8 Å². The number of carbonyl (C=O) groups excluding carboxylic acids is 2. The zero-order valence-electron chi connectivity index (χ0n) is 18.8. The van der Waals surface area contributed by atoms with Gasteiger partial charge in [0.15, 0.2) is 0 Å². The maximum absolute atomic E-state index is 12.2. The van der Waals surface area contributed by atoms with E-state index in [4.69, 9.17) is 9.84 Å². The number of aromatic nitrogens is 2. The van der Waals surface area contributed by atoms with Crippen LogP contribution < -0.4 is 10.6 Å². The molecule has 0 spiro atoms. The number of alkyl carbamates (subject to hydrolysis) is 1. The van der Waals surface area contributed by atoms with Gasteiger partial charge >= 0.3 is 12.1 Å². The Kier molecular flexibility index (Phi) is 7.94. The van der Waals surface area contributed by atoms with Crippen molar-refractivity contribution < 1.29 is 24.2 Å². The molecule has 0 saturated carbocycles. The summed E-state index contributed by atoms with van der Waals surface area (Å²) in [4.78, 5) is 42.7. The van der Waals surface area contributed by atoms with Crippen LogP contribution in [-0.2, 0) is 16.1 Å². The van der Waals surface area contributed by atoms with Crippen LogP contribution in [0.2, 0.25) is 0 Å². The molecular weight excluding hydrogens is 468 g/mol. The Balaban J connectivity index is 1.12. The molecule has 3 aromatic rings. The zero-order valence-corrected chi connectivity index (χ0v) is 19.6. The number of fused-ring (bicyclic) bond motifs is 3. The third-order valence-corrected chi connectivity index (χ3v) is 6.45. The quantitative estimate of drug-likeness (QED) is 0.368. The molecule has 0 bridgehead atoms. The maximum Gasteiger partial charge on any atom is 0.407 e. The second-order valence-corrected chi connectivity index (χ2v) is 8.88. The molecule has 35 heavy (non-hydrogen) atoms. The number of nitrogens with one attached hydrogen (secondary N) is 2. The molecule has 0 atom stereocenters. The molecule has 1 aliphatic rings. The average Bonchev–Trinajstić information content (AvgIpc) is 3.20. The molecule has 180 valence electrons. The van der Waals surface area contributed by atoms with Crippen molar-refractivity contribution in [2.24, 2.45) is 0 Å². The third-order valence-electron chi connectivity index (χ3n) is 5.49. The molecule has 10 heteroatoms. The minimum absolute atomic E-state index is 0.00975. The summed E-state index contributed by atoms with van der Waals surface area (Å²) in [6.07, 6.45) is 1.90. The molecule has 1 aromatic heterocycles. The van der Waals surface area contributed by atoms with Gasteiger partial charge in [-0.1, -0.05) is 48.5 Å². The monoisotopic (exact) mass is 492 g/mol. The largest absolute Gasteiger partial charge is 0.478 e. The molecule has 1 aliphatic carbocycles. The highest BCUT2D eigenvalue weighted by Gasteiger charge is 2.28. The highest BCUT2D eigenvalue weighted by atomic mass is 32.2. The van der Waals surface area contributed by atoms with Crippen LogP contribution in [0.1, 0.15) is 33.2 Å². The van der Waals surface area contributed by atoms with E-state index in [1.807, 2.05) is 24.3 Å². The Morgan fingerprint density at radius 3 is 2.20 bits per heavy atom. The van der Waals surface area contributed by atoms with Crippen LogP contribution in [0, 0.1) is 0 Å². The number of carbonyl (C=O) groups is 3. The normalized spacial score (nSPS) is 11.9. The van der Waals surface area contributed by atoms with Crippen molar-refractivity contribution in [3.05, 3.63) is 83.4 Å². The van der Waals surface area contributed by atoms with E-state index in [2.05, 4.69) is 44.9 Å².